The Labute approximate surface area is 127 Å². The third-order valence-corrected chi connectivity index (χ3v) is 5.26. The lowest BCUT2D eigenvalue weighted by molar-refractivity contribution is -0.274. The average Bonchev–Trinajstić information content (AvgIpc) is 2.77. The van der Waals surface area contributed by atoms with E-state index in [0.717, 1.165) is 23.5 Å². The van der Waals surface area contributed by atoms with Crippen LogP contribution in [-0.2, 0) is 10.0 Å². The highest BCUT2D eigenvalue weighted by atomic mass is 35.5. The van der Waals surface area contributed by atoms with Crippen LogP contribution in [0.15, 0.2) is 40.6 Å². The first kappa shape index (κ1) is 15.9. The van der Waals surface area contributed by atoms with Gasteiger partial charge in [0.05, 0.1) is 10.0 Å². The number of anilines is 1. The molecule has 4 nitrogen and oxygen atoms in total. The summed E-state index contributed by atoms with van der Waals surface area (Å²) in [5.74, 6) is -0.642. The second-order valence-electron chi connectivity index (χ2n) is 3.71. The number of ether oxygens (including phenoxy) is 1. The van der Waals surface area contributed by atoms with Crippen LogP contribution in [0.3, 0.4) is 0 Å². The van der Waals surface area contributed by atoms with Gasteiger partial charge in [-0.2, -0.15) is 0 Å². The van der Waals surface area contributed by atoms with Crippen molar-refractivity contribution < 1.29 is 26.3 Å². The van der Waals surface area contributed by atoms with E-state index in [0.29, 0.717) is 0 Å². The number of nitrogens with one attached hydrogen (secondary N) is 1. The largest absolute Gasteiger partial charge is 0.573 e. The van der Waals surface area contributed by atoms with Gasteiger partial charge in [-0.1, -0.05) is 23.7 Å². The van der Waals surface area contributed by atoms with E-state index >= 15 is 0 Å². The van der Waals surface area contributed by atoms with Gasteiger partial charge < -0.3 is 4.74 Å². The molecule has 2 rings (SSSR count). The van der Waals surface area contributed by atoms with E-state index in [1.807, 2.05) is 4.72 Å². The molecule has 0 unspecified atom stereocenters. The Hall–Kier alpha value is -1.45. The van der Waals surface area contributed by atoms with Crippen LogP contribution >= 0.6 is 22.9 Å². The van der Waals surface area contributed by atoms with Crippen molar-refractivity contribution in [1.82, 2.24) is 0 Å². The third-order valence-electron chi connectivity index (χ3n) is 2.17. The minimum Gasteiger partial charge on any atom is -0.404 e. The van der Waals surface area contributed by atoms with Crippen molar-refractivity contribution in [2.75, 3.05) is 4.72 Å². The molecule has 0 saturated heterocycles. The van der Waals surface area contributed by atoms with Gasteiger partial charge >= 0.3 is 6.36 Å². The van der Waals surface area contributed by atoms with E-state index in [1.165, 1.54) is 24.3 Å². The molecule has 0 aliphatic carbocycles. The molecular formula is C11H7ClF3NO3S2. The van der Waals surface area contributed by atoms with Crippen molar-refractivity contribution >= 4 is 38.6 Å². The first-order chi connectivity index (χ1) is 9.67. The van der Waals surface area contributed by atoms with E-state index in [9.17, 15) is 21.6 Å². The summed E-state index contributed by atoms with van der Waals surface area (Å²) < 4.78 is 66.8. The van der Waals surface area contributed by atoms with E-state index in [2.05, 4.69) is 4.74 Å². The van der Waals surface area contributed by atoms with Gasteiger partial charge in [0.2, 0.25) is 0 Å². The van der Waals surface area contributed by atoms with Gasteiger partial charge in [-0.05, 0) is 24.3 Å². The Morgan fingerprint density at radius 2 is 1.81 bits per heavy atom. The molecule has 1 N–H and O–H groups in total. The molecular weight excluding hydrogens is 351 g/mol. The molecule has 1 aromatic heterocycles. The zero-order valence-corrected chi connectivity index (χ0v) is 12.4. The van der Waals surface area contributed by atoms with Crippen LogP contribution in [0.25, 0.3) is 0 Å². The van der Waals surface area contributed by atoms with Gasteiger partial charge in [-0.25, -0.2) is 8.42 Å². The van der Waals surface area contributed by atoms with Gasteiger partial charge in [0, 0.05) is 0 Å². The van der Waals surface area contributed by atoms with Crippen LogP contribution in [0.4, 0.5) is 18.9 Å². The number of alkyl halides is 3. The van der Waals surface area contributed by atoms with Crippen LogP contribution in [-0.4, -0.2) is 14.8 Å². The SMILES string of the molecule is O=S(=O)(Nc1ccccc1OC(F)(F)F)c1ccc(Cl)s1. The molecule has 1 aromatic carbocycles. The minimum atomic E-state index is -4.92. The molecule has 0 amide bonds. The van der Waals surface area contributed by atoms with E-state index in [1.54, 1.807) is 0 Å². The minimum absolute atomic E-state index is 0.116. The first-order valence-electron chi connectivity index (χ1n) is 5.30. The normalized spacial score (nSPS) is 12.2. The fraction of sp³-hybridized carbons (Fsp3) is 0.0909. The van der Waals surface area contributed by atoms with Gasteiger partial charge in [0.1, 0.15) is 4.21 Å². The Kier molecular flexibility index (Phi) is 4.35. The van der Waals surface area contributed by atoms with Crippen LogP contribution in [0, 0.1) is 0 Å². The summed E-state index contributed by atoms with van der Waals surface area (Å²) in [4.78, 5) is 0. The molecule has 0 radical (unpaired) electrons. The first-order valence-corrected chi connectivity index (χ1v) is 7.98. The zero-order valence-electron chi connectivity index (χ0n) is 10.0. The standard InChI is InChI=1S/C11H7ClF3NO3S2/c12-9-5-6-10(20-9)21(17,18)16-7-3-1-2-4-8(7)19-11(13,14)15/h1-6,16H. The van der Waals surface area contributed by atoms with Crippen LogP contribution in [0.1, 0.15) is 0 Å². The lowest BCUT2D eigenvalue weighted by atomic mass is 10.3. The Morgan fingerprint density at radius 3 is 2.38 bits per heavy atom. The summed E-state index contributed by atoms with van der Waals surface area (Å²) in [5, 5.41) is 0. The molecule has 0 saturated carbocycles. The zero-order chi connectivity index (χ0) is 15.7. The van der Waals surface area contributed by atoms with Crippen LogP contribution < -0.4 is 9.46 Å². The number of hydrogen-bond donors (Lipinski definition) is 1. The summed E-state index contributed by atoms with van der Waals surface area (Å²) >= 11 is 6.43. The van der Waals surface area contributed by atoms with Crippen LogP contribution in [0.5, 0.6) is 5.75 Å². The van der Waals surface area contributed by atoms with Crippen molar-refractivity contribution in [3.05, 3.63) is 40.7 Å². The molecule has 2 aromatic rings. The summed E-state index contributed by atoms with van der Waals surface area (Å²) in [6.45, 7) is 0. The molecule has 21 heavy (non-hydrogen) atoms. The Bertz CT molecular complexity index is 743. The second kappa shape index (κ2) is 5.74. The van der Waals surface area contributed by atoms with Gasteiger partial charge in [-0.15, -0.1) is 24.5 Å². The van der Waals surface area contributed by atoms with Crippen molar-refractivity contribution in [3.8, 4) is 5.75 Å². The molecule has 0 aliphatic heterocycles. The quantitative estimate of drug-likeness (QED) is 0.896. The maximum atomic E-state index is 12.3. The summed E-state index contributed by atoms with van der Waals surface area (Å²) in [6, 6.07) is 7.46. The maximum Gasteiger partial charge on any atom is 0.573 e. The molecule has 10 heteroatoms. The van der Waals surface area contributed by atoms with Crippen molar-refractivity contribution in [2.45, 2.75) is 10.6 Å². The maximum absolute atomic E-state index is 12.3. The molecule has 1 heterocycles. The van der Waals surface area contributed by atoms with E-state index < -0.39 is 22.1 Å². The third kappa shape index (κ3) is 4.26. The predicted molar refractivity (Wildman–Crippen MR) is 73.3 cm³/mol. The fourth-order valence-electron chi connectivity index (χ4n) is 1.40. The monoisotopic (exact) mass is 357 g/mol. The Morgan fingerprint density at radius 1 is 1.14 bits per heavy atom. The number of rotatable bonds is 4. The average molecular weight is 358 g/mol. The number of para-hydroxylation sites is 2. The van der Waals surface area contributed by atoms with Crippen molar-refractivity contribution in [3.63, 3.8) is 0 Å². The predicted octanol–water partition coefficient (Wildman–Crippen LogP) is 4.10. The van der Waals surface area contributed by atoms with E-state index in [4.69, 9.17) is 11.6 Å². The highest BCUT2D eigenvalue weighted by Gasteiger charge is 2.32. The van der Waals surface area contributed by atoms with Gasteiger partial charge in [-0.3, -0.25) is 4.72 Å². The molecule has 114 valence electrons. The molecule has 0 atom stereocenters. The van der Waals surface area contributed by atoms with E-state index in [-0.39, 0.29) is 14.2 Å². The highest BCUT2D eigenvalue weighted by Crippen LogP contribution is 2.33. The lowest BCUT2D eigenvalue weighted by Gasteiger charge is -2.14. The van der Waals surface area contributed by atoms with Crippen LogP contribution in [0.2, 0.25) is 4.34 Å². The fourth-order valence-corrected chi connectivity index (χ4v) is 3.95. The molecule has 0 spiro atoms. The highest BCUT2D eigenvalue weighted by molar-refractivity contribution is 7.94. The summed E-state index contributed by atoms with van der Waals surface area (Å²) in [5.41, 5.74) is -0.320. The lowest BCUT2D eigenvalue weighted by Crippen LogP contribution is -2.19. The molecule has 0 bridgehead atoms. The van der Waals surface area contributed by atoms with Gasteiger partial charge in [0.25, 0.3) is 10.0 Å². The Balaban J connectivity index is 2.31. The summed E-state index contributed by atoms with van der Waals surface area (Å²) in [7, 11) is -4.03. The number of thiophene rings is 1. The number of hydrogen-bond acceptors (Lipinski definition) is 4. The molecule has 0 fully saturated rings. The number of benzene rings is 1. The summed E-state index contributed by atoms with van der Waals surface area (Å²) in [6.07, 6.45) is -4.92. The topological polar surface area (TPSA) is 55.4 Å². The van der Waals surface area contributed by atoms with Crippen molar-refractivity contribution in [1.29, 1.82) is 0 Å². The van der Waals surface area contributed by atoms with Gasteiger partial charge in [0.15, 0.2) is 5.75 Å². The second-order valence-corrected chi connectivity index (χ2v) is 7.33. The number of sulfonamides is 1. The van der Waals surface area contributed by atoms with Crippen molar-refractivity contribution in [2.24, 2.45) is 0 Å². The smallest absolute Gasteiger partial charge is 0.404 e. The number of halogens is 4. The molecule has 0 aliphatic rings.